The van der Waals surface area contributed by atoms with Crippen LogP contribution >= 0.6 is 0 Å². The number of ether oxygens (including phenoxy) is 1. The third kappa shape index (κ3) is 15.2. The normalized spacial score (nSPS) is 21.8. The standard InChI is InChI=1S/C21H27FN8O.C20H25FN8O.C20H25N7O2/c1-20(2)7-14(18(22)21(3,4)29-20)26-19-24-10-15(27-28-19)17-16(31)6-12(8-23-17)13-9-25-30(5)11-13;1-19(2)6-13(17(21)20(3,4)29-19)26-18-23-10-14(27-28-18)16-15(30)5-11(7-22-16)12-8-24-25-9-12;1-19(2)6-14(7-20(3,4)27-19)29-18-22-11-15(25-26-18)17-16(28)5-12(8-21-17)13-9-23-24-10-13/h6,8-11,14,18,29,31H,7H2,1-5H3,(H,24,26,28);5,7-10,13,17,29-30H,6H2,1-4H3,(H,24,25)(H,23,26,28);5,8-11,14,27-28H,6-7H2,1-4H3,(H,23,24)/t14-,18-;13-,17-;/m10./s1/i5D3;;. The van der Waals surface area contributed by atoms with E-state index in [0.29, 0.717) is 46.6 Å². The molecule has 29 heteroatoms. The highest BCUT2D eigenvalue weighted by atomic mass is 19.1. The van der Waals surface area contributed by atoms with Crippen molar-refractivity contribution >= 4 is 11.9 Å². The zero-order valence-electron chi connectivity index (χ0n) is 55.0. The van der Waals surface area contributed by atoms with Crippen LogP contribution in [0.25, 0.3) is 67.5 Å². The van der Waals surface area contributed by atoms with Crippen molar-refractivity contribution in [1.82, 2.24) is 107 Å². The molecule has 3 saturated heterocycles. The number of rotatable bonds is 12. The Morgan fingerprint density at radius 3 is 1.26 bits per heavy atom. The lowest BCUT2D eigenvalue weighted by atomic mass is 9.78. The average molecular weight is 1240 g/mol. The van der Waals surface area contributed by atoms with E-state index in [0.717, 1.165) is 34.2 Å². The molecule has 9 aromatic heterocycles. The Hall–Kier alpha value is -9.35. The molecule has 474 valence electrons. The Bertz CT molecular complexity index is 3990. The maximum Gasteiger partial charge on any atom is 0.335 e. The van der Waals surface area contributed by atoms with Gasteiger partial charge < -0.3 is 46.6 Å². The van der Waals surface area contributed by atoms with Crippen LogP contribution in [0.5, 0.6) is 23.3 Å². The molecule has 27 nitrogen and oxygen atoms in total. The molecule has 3 aliphatic rings. The molecule has 3 fully saturated rings. The number of hydrogen-bond donors (Lipinski definition) is 10. The van der Waals surface area contributed by atoms with Crippen LogP contribution < -0.4 is 31.3 Å². The van der Waals surface area contributed by atoms with Crippen LogP contribution in [0, 0.1) is 0 Å². The summed E-state index contributed by atoms with van der Waals surface area (Å²) in [6.07, 6.45) is 19.1. The van der Waals surface area contributed by atoms with Gasteiger partial charge in [-0.3, -0.25) is 14.9 Å². The number of aryl methyl sites for hydroxylation is 1. The van der Waals surface area contributed by atoms with Gasteiger partial charge in [0.15, 0.2) is 0 Å². The Morgan fingerprint density at radius 2 is 0.900 bits per heavy atom. The molecule has 0 aromatic carbocycles. The number of pyridine rings is 3. The molecule has 0 aliphatic carbocycles. The zero-order chi connectivity index (χ0) is 67.1. The molecule has 3 aliphatic heterocycles. The Morgan fingerprint density at radius 1 is 0.489 bits per heavy atom. The third-order valence-electron chi connectivity index (χ3n) is 15.5. The fourth-order valence-corrected chi connectivity index (χ4v) is 12.4. The number of piperidine rings is 3. The summed E-state index contributed by atoms with van der Waals surface area (Å²) in [6, 6.07) is 3.89. The second-order valence-electron chi connectivity index (χ2n) is 26.6. The van der Waals surface area contributed by atoms with Gasteiger partial charge >= 0.3 is 6.01 Å². The van der Waals surface area contributed by atoms with Crippen LogP contribution in [0.1, 0.15) is 113 Å². The van der Waals surface area contributed by atoms with Crippen molar-refractivity contribution < 1.29 is 32.9 Å². The van der Waals surface area contributed by atoms with E-state index in [1.807, 2.05) is 55.4 Å². The smallest absolute Gasteiger partial charge is 0.335 e. The van der Waals surface area contributed by atoms with E-state index >= 15 is 4.39 Å². The summed E-state index contributed by atoms with van der Waals surface area (Å²) in [7, 11) is 0. The molecule has 12 rings (SSSR count). The molecule has 0 saturated carbocycles. The van der Waals surface area contributed by atoms with Crippen LogP contribution in [0.15, 0.2) is 92.6 Å². The van der Waals surface area contributed by atoms with Gasteiger partial charge in [0.2, 0.25) is 11.9 Å². The molecule has 0 unspecified atom stereocenters. The highest BCUT2D eigenvalue weighted by Crippen LogP contribution is 2.37. The van der Waals surface area contributed by atoms with Gasteiger partial charge in [0.05, 0.1) is 49.3 Å². The van der Waals surface area contributed by atoms with Crippen LogP contribution in [0.3, 0.4) is 0 Å². The maximum atomic E-state index is 15.0. The summed E-state index contributed by atoms with van der Waals surface area (Å²) < 4.78 is 59.0. The van der Waals surface area contributed by atoms with Crippen LogP contribution in [0.2, 0.25) is 0 Å². The highest BCUT2D eigenvalue weighted by Gasteiger charge is 2.48. The van der Waals surface area contributed by atoms with Crippen LogP contribution in [-0.4, -0.2) is 170 Å². The molecule has 10 N–H and O–H groups in total. The molecular weight excluding hydrogens is 1160 g/mol. The van der Waals surface area contributed by atoms with Gasteiger partial charge in [-0.25, -0.2) is 38.7 Å². The third-order valence-corrected chi connectivity index (χ3v) is 15.5. The molecule has 0 bridgehead atoms. The highest BCUT2D eigenvalue weighted by molar-refractivity contribution is 5.71. The first-order valence-corrected chi connectivity index (χ1v) is 29.2. The first kappa shape index (κ1) is 59.6. The first-order chi connectivity index (χ1) is 43.6. The topological polar surface area (TPSA) is 360 Å². The molecule has 4 atom stereocenters. The molecule has 12 heterocycles. The van der Waals surface area contributed by atoms with Gasteiger partial charge in [0.1, 0.15) is 69.9 Å². The lowest BCUT2D eigenvalue weighted by Crippen LogP contribution is -2.67. The molecule has 0 radical (unpaired) electrons. The van der Waals surface area contributed by atoms with Crippen LogP contribution in [0.4, 0.5) is 20.7 Å². The van der Waals surface area contributed by atoms with E-state index in [4.69, 9.17) is 8.85 Å². The summed E-state index contributed by atoms with van der Waals surface area (Å²) in [5, 5.41) is 89.2. The second-order valence-corrected chi connectivity index (χ2v) is 26.6. The van der Waals surface area contributed by atoms with E-state index < -0.39 is 42.5 Å². The van der Waals surface area contributed by atoms with Gasteiger partial charge in [-0.05, 0) is 114 Å². The number of aromatic amines is 2. The van der Waals surface area contributed by atoms with Gasteiger partial charge in [-0.15, -0.1) is 25.5 Å². The largest absolute Gasteiger partial charge is 0.506 e. The SMILES string of the molecule is CC1(C)CC(Oc2ncc(-c3ncc(-c4cn[nH]c4)cc3O)nn2)CC(C)(C)N1.CC1(C)C[C@H](Nc2ncc(-c3ncc(-c4cn[nH]c4)cc3O)nn2)[C@H](F)C(C)(C)N1.[2H]C([2H])([2H])n1cc(-c2cnc(-c3cnc(N[C@@H]4CC(C)(C)NC(C)(C)[C@@H]4F)nn3)c(O)c2)cn1. The summed E-state index contributed by atoms with van der Waals surface area (Å²) in [4.78, 5) is 25.6. The number of nitrogens with zero attached hydrogens (tertiary/aromatic N) is 16. The second kappa shape index (κ2) is 24.9. The zero-order valence-corrected chi connectivity index (χ0v) is 52.0. The molecule has 9 aromatic rings. The summed E-state index contributed by atoms with van der Waals surface area (Å²) in [6.45, 7) is 21.7. The summed E-state index contributed by atoms with van der Waals surface area (Å²) in [5.74, 6) is 0.181. The Kier molecular flexibility index (Phi) is 16.5. The van der Waals surface area contributed by atoms with Crippen molar-refractivity contribution in [3.63, 3.8) is 0 Å². The fourth-order valence-electron chi connectivity index (χ4n) is 12.4. The van der Waals surface area contributed by atoms with Crippen molar-refractivity contribution in [2.45, 2.75) is 173 Å². The van der Waals surface area contributed by atoms with Crippen molar-refractivity contribution in [2.75, 3.05) is 10.6 Å². The number of alkyl halides is 2. The van der Waals surface area contributed by atoms with Gasteiger partial charge in [-0.1, -0.05) is 5.10 Å². The minimum Gasteiger partial charge on any atom is -0.506 e. The van der Waals surface area contributed by atoms with E-state index in [2.05, 4.69) is 140 Å². The number of aromatic hydroxyl groups is 3. The molecule has 0 amide bonds. The monoisotopic (exact) mass is 1240 g/mol. The predicted octanol–water partition coefficient (Wildman–Crippen LogP) is 8.12. The predicted molar refractivity (Wildman–Crippen MR) is 333 cm³/mol. The van der Waals surface area contributed by atoms with E-state index in [1.165, 1.54) is 43.2 Å². The van der Waals surface area contributed by atoms with E-state index in [1.54, 1.807) is 49.3 Å². The fraction of sp³-hybridized carbons (Fsp3) is 0.459. The summed E-state index contributed by atoms with van der Waals surface area (Å²) in [5.41, 5.74) is 3.77. The Labute approximate surface area is 523 Å². The summed E-state index contributed by atoms with van der Waals surface area (Å²) >= 11 is 0. The van der Waals surface area contributed by atoms with Gasteiger partial charge in [0, 0.05) is 128 Å². The number of nitrogens with one attached hydrogen (secondary N) is 7. The van der Waals surface area contributed by atoms with E-state index in [9.17, 15) is 19.7 Å². The molecular formula is C61H77F2N23O4. The van der Waals surface area contributed by atoms with Crippen molar-refractivity contribution in [2.24, 2.45) is 6.98 Å². The Balaban J connectivity index is 0.000000153. The average Bonchev–Trinajstić information content (AvgIpc) is 1.46. The van der Waals surface area contributed by atoms with Gasteiger partial charge in [-0.2, -0.15) is 15.3 Å². The number of H-pyrrole nitrogens is 2. The first-order valence-electron chi connectivity index (χ1n) is 30.7. The van der Waals surface area contributed by atoms with Gasteiger partial charge in [0.25, 0.3) is 0 Å². The minimum absolute atomic E-state index is 0.00433. The van der Waals surface area contributed by atoms with Crippen molar-refractivity contribution in [3.05, 3.63) is 92.6 Å². The number of hydrogen-bond acceptors (Lipinski definition) is 24. The van der Waals surface area contributed by atoms with Crippen LogP contribution in [-0.2, 0) is 6.98 Å². The van der Waals surface area contributed by atoms with Crippen molar-refractivity contribution in [3.8, 4) is 90.8 Å². The van der Waals surface area contributed by atoms with E-state index in [-0.39, 0.29) is 80.5 Å². The van der Waals surface area contributed by atoms with Crippen molar-refractivity contribution in [1.29, 1.82) is 0 Å². The lowest BCUT2D eigenvalue weighted by Gasteiger charge is -2.48. The lowest BCUT2D eigenvalue weighted by molar-refractivity contribution is 0.0491. The molecule has 90 heavy (non-hydrogen) atoms. The maximum absolute atomic E-state index is 15.0. The minimum atomic E-state index is -2.40. The number of anilines is 2. The number of aromatic nitrogens is 18. The number of halogens is 2. The quantitative estimate of drug-likeness (QED) is 0.0551. The molecule has 0 spiro atoms.